The summed E-state index contributed by atoms with van der Waals surface area (Å²) in [6, 6.07) is 6.84. The summed E-state index contributed by atoms with van der Waals surface area (Å²) in [5.41, 5.74) is 4.40. The summed E-state index contributed by atoms with van der Waals surface area (Å²) in [6.07, 6.45) is 8.04. The molecule has 21 heavy (non-hydrogen) atoms. The first-order valence-electron chi connectivity index (χ1n) is 8.42. The van der Waals surface area contributed by atoms with Crippen molar-refractivity contribution in [2.45, 2.75) is 51.5 Å². The normalized spacial score (nSPS) is 17.8. The minimum atomic E-state index is 0.316. The lowest BCUT2D eigenvalue weighted by Gasteiger charge is -2.26. The van der Waals surface area contributed by atoms with Crippen LogP contribution in [0.15, 0.2) is 18.2 Å². The summed E-state index contributed by atoms with van der Waals surface area (Å²) in [5, 5.41) is 3.42. The predicted molar refractivity (Wildman–Crippen MR) is 85.2 cm³/mol. The van der Waals surface area contributed by atoms with Gasteiger partial charge in [-0.25, -0.2) is 0 Å². The van der Waals surface area contributed by atoms with Crippen LogP contribution in [-0.2, 0) is 24.2 Å². The molecular weight excluding hydrogens is 260 g/mol. The molecule has 1 saturated heterocycles. The Morgan fingerprint density at radius 3 is 2.71 bits per heavy atom. The number of fused-ring (bicyclic) bond motifs is 1. The lowest BCUT2D eigenvalue weighted by Crippen LogP contribution is -2.37. The van der Waals surface area contributed by atoms with Crippen LogP contribution in [0.25, 0.3) is 0 Å². The minimum Gasteiger partial charge on any atom is -0.343 e. The van der Waals surface area contributed by atoms with Gasteiger partial charge in [0.25, 0.3) is 0 Å². The van der Waals surface area contributed by atoms with Crippen LogP contribution in [0.4, 0.5) is 0 Å². The summed E-state index contributed by atoms with van der Waals surface area (Å²) < 4.78 is 0. The SMILES string of the molecule is O=C(CCNCc1ccc2c(c1)CCC2)N1CCCCC1. The molecule has 1 aliphatic heterocycles. The van der Waals surface area contributed by atoms with Gasteiger partial charge in [0.2, 0.25) is 5.91 Å². The molecule has 3 heteroatoms. The molecule has 1 fully saturated rings. The van der Waals surface area contributed by atoms with Gasteiger partial charge in [0.1, 0.15) is 0 Å². The highest BCUT2D eigenvalue weighted by Crippen LogP contribution is 2.22. The first kappa shape index (κ1) is 14.6. The Kier molecular flexibility index (Phi) is 4.91. The second kappa shape index (κ2) is 7.08. The van der Waals surface area contributed by atoms with Gasteiger partial charge in [0.05, 0.1) is 0 Å². The fourth-order valence-electron chi connectivity index (χ4n) is 3.46. The molecule has 0 unspecified atom stereocenters. The van der Waals surface area contributed by atoms with Crippen molar-refractivity contribution < 1.29 is 4.79 Å². The van der Waals surface area contributed by atoms with E-state index in [0.717, 1.165) is 26.2 Å². The highest BCUT2D eigenvalue weighted by atomic mass is 16.2. The molecule has 0 spiro atoms. The van der Waals surface area contributed by atoms with E-state index in [1.165, 1.54) is 55.2 Å². The van der Waals surface area contributed by atoms with Crippen LogP contribution in [0.3, 0.4) is 0 Å². The summed E-state index contributed by atoms with van der Waals surface area (Å²) in [4.78, 5) is 14.1. The van der Waals surface area contributed by atoms with E-state index in [-0.39, 0.29) is 0 Å². The number of benzene rings is 1. The van der Waals surface area contributed by atoms with Crippen LogP contribution in [0.1, 0.15) is 48.8 Å². The van der Waals surface area contributed by atoms with E-state index < -0.39 is 0 Å². The van der Waals surface area contributed by atoms with Crippen molar-refractivity contribution in [2.24, 2.45) is 0 Å². The molecule has 1 amide bonds. The quantitative estimate of drug-likeness (QED) is 0.844. The lowest BCUT2D eigenvalue weighted by molar-refractivity contribution is -0.131. The molecule has 3 nitrogen and oxygen atoms in total. The van der Waals surface area contributed by atoms with Gasteiger partial charge in [-0.15, -0.1) is 0 Å². The average Bonchev–Trinajstić information content (AvgIpc) is 3.00. The largest absolute Gasteiger partial charge is 0.343 e. The molecule has 3 rings (SSSR count). The third-order valence-electron chi connectivity index (χ3n) is 4.72. The number of carbonyl (C=O) groups is 1. The molecule has 114 valence electrons. The third kappa shape index (κ3) is 3.85. The molecule has 1 aromatic rings. The van der Waals surface area contributed by atoms with Crippen molar-refractivity contribution >= 4 is 5.91 Å². The van der Waals surface area contributed by atoms with E-state index >= 15 is 0 Å². The Hall–Kier alpha value is -1.35. The third-order valence-corrected chi connectivity index (χ3v) is 4.72. The van der Waals surface area contributed by atoms with Gasteiger partial charge in [-0.2, -0.15) is 0 Å². The van der Waals surface area contributed by atoms with Gasteiger partial charge in [-0.1, -0.05) is 18.2 Å². The van der Waals surface area contributed by atoms with E-state index in [1.807, 2.05) is 4.90 Å². The molecule has 2 aliphatic rings. The zero-order valence-corrected chi connectivity index (χ0v) is 12.9. The topological polar surface area (TPSA) is 32.3 Å². The van der Waals surface area contributed by atoms with Crippen molar-refractivity contribution in [2.75, 3.05) is 19.6 Å². The standard InChI is InChI=1S/C18H26N2O/c21-18(20-11-2-1-3-12-20)9-10-19-14-15-7-8-16-5-4-6-17(16)13-15/h7-8,13,19H,1-6,9-12,14H2. The molecule has 0 atom stereocenters. The van der Waals surface area contributed by atoms with Gasteiger partial charge in [0, 0.05) is 32.6 Å². The van der Waals surface area contributed by atoms with E-state index in [4.69, 9.17) is 0 Å². The molecule has 0 saturated carbocycles. The van der Waals surface area contributed by atoms with Gasteiger partial charge < -0.3 is 10.2 Å². The number of carbonyl (C=O) groups excluding carboxylic acids is 1. The molecular formula is C18H26N2O. The smallest absolute Gasteiger partial charge is 0.223 e. The maximum Gasteiger partial charge on any atom is 0.223 e. The van der Waals surface area contributed by atoms with Crippen LogP contribution in [0.5, 0.6) is 0 Å². The monoisotopic (exact) mass is 286 g/mol. The van der Waals surface area contributed by atoms with Crippen molar-refractivity contribution in [3.63, 3.8) is 0 Å². The highest BCUT2D eigenvalue weighted by Gasteiger charge is 2.15. The minimum absolute atomic E-state index is 0.316. The number of hydrogen-bond acceptors (Lipinski definition) is 2. The Morgan fingerprint density at radius 1 is 1.05 bits per heavy atom. The molecule has 1 heterocycles. The molecule has 1 aromatic carbocycles. The Morgan fingerprint density at radius 2 is 1.86 bits per heavy atom. The number of amides is 1. The zero-order valence-electron chi connectivity index (χ0n) is 12.9. The number of nitrogens with zero attached hydrogens (tertiary/aromatic N) is 1. The summed E-state index contributed by atoms with van der Waals surface area (Å²) in [5.74, 6) is 0.316. The lowest BCUT2D eigenvalue weighted by atomic mass is 10.1. The van der Waals surface area contributed by atoms with Gasteiger partial charge in [0.15, 0.2) is 0 Å². The second-order valence-corrected chi connectivity index (χ2v) is 6.32. The van der Waals surface area contributed by atoms with Gasteiger partial charge in [-0.05, 0) is 55.2 Å². The molecule has 1 N–H and O–H groups in total. The number of aryl methyl sites for hydroxylation is 2. The number of rotatable bonds is 5. The van der Waals surface area contributed by atoms with Crippen molar-refractivity contribution in [3.05, 3.63) is 34.9 Å². The predicted octanol–water partition coefficient (Wildman–Crippen LogP) is 2.67. The number of hydrogen-bond donors (Lipinski definition) is 1. The average molecular weight is 286 g/mol. The Bertz CT molecular complexity index is 492. The zero-order chi connectivity index (χ0) is 14.5. The van der Waals surface area contributed by atoms with Crippen molar-refractivity contribution in [1.29, 1.82) is 0 Å². The number of likely N-dealkylation sites (tertiary alicyclic amines) is 1. The molecule has 0 aromatic heterocycles. The van der Waals surface area contributed by atoms with Gasteiger partial charge >= 0.3 is 0 Å². The van der Waals surface area contributed by atoms with E-state index in [2.05, 4.69) is 23.5 Å². The maximum absolute atomic E-state index is 12.0. The summed E-state index contributed by atoms with van der Waals surface area (Å²) in [6.45, 7) is 3.58. The first-order chi connectivity index (χ1) is 10.3. The van der Waals surface area contributed by atoms with Crippen LogP contribution < -0.4 is 5.32 Å². The van der Waals surface area contributed by atoms with Crippen LogP contribution in [0.2, 0.25) is 0 Å². The van der Waals surface area contributed by atoms with Crippen LogP contribution >= 0.6 is 0 Å². The first-order valence-corrected chi connectivity index (χ1v) is 8.42. The second-order valence-electron chi connectivity index (χ2n) is 6.32. The highest BCUT2D eigenvalue weighted by molar-refractivity contribution is 5.76. The Balaban J connectivity index is 1.39. The number of nitrogens with one attached hydrogen (secondary N) is 1. The fraction of sp³-hybridized carbons (Fsp3) is 0.611. The Labute approximate surface area is 127 Å². The van der Waals surface area contributed by atoms with Crippen molar-refractivity contribution in [3.8, 4) is 0 Å². The van der Waals surface area contributed by atoms with Gasteiger partial charge in [-0.3, -0.25) is 4.79 Å². The molecule has 0 radical (unpaired) electrons. The number of piperidine rings is 1. The fourth-order valence-corrected chi connectivity index (χ4v) is 3.46. The molecule has 1 aliphatic carbocycles. The summed E-state index contributed by atoms with van der Waals surface area (Å²) in [7, 11) is 0. The summed E-state index contributed by atoms with van der Waals surface area (Å²) >= 11 is 0. The maximum atomic E-state index is 12.0. The van der Waals surface area contributed by atoms with Crippen molar-refractivity contribution in [1.82, 2.24) is 10.2 Å². The van der Waals surface area contributed by atoms with E-state index in [9.17, 15) is 4.79 Å². The molecule has 0 bridgehead atoms. The van der Waals surface area contributed by atoms with E-state index in [0.29, 0.717) is 12.3 Å². The van der Waals surface area contributed by atoms with E-state index in [1.54, 1.807) is 0 Å². The van der Waals surface area contributed by atoms with Crippen LogP contribution in [0, 0.1) is 0 Å². The van der Waals surface area contributed by atoms with Crippen LogP contribution in [-0.4, -0.2) is 30.4 Å².